The van der Waals surface area contributed by atoms with Crippen molar-refractivity contribution in [1.29, 1.82) is 0 Å². The molecule has 3 N–H and O–H groups in total. The molecular weight excluding hydrogens is 2320 g/mol. The minimum atomic E-state index is -0.417. The largest absolute Gasteiger partial charge is 0.512 e. The van der Waals surface area contributed by atoms with Crippen molar-refractivity contribution < 1.29 is 110 Å². The summed E-state index contributed by atoms with van der Waals surface area (Å²) in [7, 11) is 0. The third-order valence-electron chi connectivity index (χ3n) is 19.4. The van der Waals surface area contributed by atoms with Gasteiger partial charge in [0.1, 0.15) is 11.5 Å². The molecule has 15 aromatic rings. The number of allylic oxidation sites excluding steroid dienone is 6. The second kappa shape index (κ2) is 54.6. The number of aromatic nitrogens is 5. The van der Waals surface area contributed by atoms with Gasteiger partial charge in [0, 0.05) is 127 Å². The summed E-state index contributed by atoms with van der Waals surface area (Å²) in [5.41, 5.74) is 27.5. The molecule has 0 saturated heterocycles. The summed E-state index contributed by atoms with van der Waals surface area (Å²) in [6, 6.07) is 106. The zero-order valence-corrected chi connectivity index (χ0v) is 88.0. The van der Waals surface area contributed by atoms with Gasteiger partial charge in [-0.25, -0.2) is 0 Å². The number of carbonyl (C=O) groups is 3. The SMILES string of the molecule is CC(=O)C(=C(C)O)c1ccccc1.CC(=O)C=C(C)O.CC(C)(C)C(=O)C=C(O)C(C)(C)C.Cc1[c-]c(-c2cc(CC(C)C)c3cc(C)ccc3n2)cc(C)c1.Cc1[c-]c(-c2cc(CC(C)C)c3ccccc3n2)cc(C)c1.Cc1[c-]c(-c2ccc3ccccc3n2)cc(C)c1.[Ir].[Ir].[Ir].[Ir].[c-]1ccccc1-c1ccc(-c2ccccc2)cn1.[c-]1ccccc1-c1ccccn1. The van der Waals surface area contributed by atoms with Gasteiger partial charge in [0.15, 0.2) is 17.3 Å². The number of Topliss-reactive ketones (excluding diaryl/α,β-unsaturated/α-hetero) is 1. The number of aliphatic hydroxyl groups excluding tert-OH is 3. The van der Waals surface area contributed by atoms with E-state index in [2.05, 4.69) is 244 Å². The summed E-state index contributed by atoms with van der Waals surface area (Å²) in [5.74, 6) is 1.24. The molecule has 0 aliphatic heterocycles. The van der Waals surface area contributed by atoms with Crippen LogP contribution >= 0.6 is 0 Å². The Balaban J connectivity index is 0.000000315. The van der Waals surface area contributed by atoms with E-state index >= 15 is 0 Å². The molecule has 0 unspecified atom stereocenters. The molecule has 15 heteroatoms. The molecular formula is C115H120Ir4N5O6-5. The van der Waals surface area contributed by atoms with Crippen molar-refractivity contribution in [1.82, 2.24) is 24.9 Å². The average Bonchev–Trinajstić information content (AvgIpc) is 0.790. The van der Waals surface area contributed by atoms with E-state index in [1.807, 2.05) is 175 Å². The number of rotatable bonds is 14. The van der Waals surface area contributed by atoms with Crippen LogP contribution in [0.4, 0.5) is 0 Å². The van der Waals surface area contributed by atoms with E-state index < -0.39 is 5.41 Å². The molecule has 0 aliphatic carbocycles. The molecule has 0 amide bonds. The van der Waals surface area contributed by atoms with Crippen molar-refractivity contribution in [3.05, 3.63) is 395 Å². The van der Waals surface area contributed by atoms with E-state index in [1.165, 1.54) is 94.9 Å². The fourth-order valence-corrected chi connectivity index (χ4v) is 13.6. The van der Waals surface area contributed by atoms with Crippen LogP contribution in [0.2, 0.25) is 0 Å². The number of hydrogen-bond donors (Lipinski definition) is 3. The van der Waals surface area contributed by atoms with Gasteiger partial charge in [-0.3, -0.25) is 29.3 Å². The molecule has 0 atom stereocenters. The average molecular weight is 2440 g/mol. The second-order valence-electron chi connectivity index (χ2n) is 34.5. The molecule has 5 heterocycles. The van der Waals surface area contributed by atoms with E-state index in [0.29, 0.717) is 17.4 Å². The first kappa shape index (κ1) is 111. The summed E-state index contributed by atoms with van der Waals surface area (Å²) in [6.07, 6.45) is 8.34. The van der Waals surface area contributed by atoms with Crippen LogP contribution in [0.15, 0.2) is 309 Å². The quantitative estimate of drug-likeness (QED) is 0.0536. The second-order valence-corrected chi connectivity index (χ2v) is 34.5. The van der Waals surface area contributed by atoms with Gasteiger partial charge >= 0.3 is 0 Å². The van der Waals surface area contributed by atoms with Crippen LogP contribution in [0.1, 0.15) is 153 Å². The van der Waals surface area contributed by atoms with Gasteiger partial charge < -0.3 is 25.3 Å². The zero-order valence-electron chi connectivity index (χ0n) is 78.4. The van der Waals surface area contributed by atoms with Crippen LogP contribution in [0.25, 0.3) is 106 Å². The maximum absolute atomic E-state index is 11.5. The Bertz CT molecular complexity index is 6040. The molecule has 0 aliphatic rings. The summed E-state index contributed by atoms with van der Waals surface area (Å²) in [6.45, 7) is 40.7. The Morgan fingerprint density at radius 2 is 0.831 bits per heavy atom. The first-order chi connectivity index (χ1) is 59.9. The summed E-state index contributed by atoms with van der Waals surface area (Å²) in [5, 5.41) is 30.9. The Kier molecular flexibility index (Phi) is 46.7. The number of carbonyl (C=O) groups excluding carboxylic acids is 3. The molecule has 4 radical (unpaired) electrons. The van der Waals surface area contributed by atoms with Crippen molar-refractivity contribution in [2.45, 2.75) is 158 Å². The maximum atomic E-state index is 11.5. The third kappa shape index (κ3) is 36.7. The van der Waals surface area contributed by atoms with Gasteiger partial charge in [-0.2, -0.15) is 0 Å². The Labute approximate surface area is 826 Å². The number of fused-ring (bicyclic) bond motifs is 3. The van der Waals surface area contributed by atoms with Gasteiger partial charge in [0.05, 0.1) is 27.9 Å². The topological polar surface area (TPSA) is 176 Å². The summed E-state index contributed by atoms with van der Waals surface area (Å²) >= 11 is 0. The van der Waals surface area contributed by atoms with Crippen LogP contribution < -0.4 is 0 Å². The van der Waals surface area contributed by atoms with Crippen LogP contribution in [0.3, 0.4) is 0 Å². The predicted molar refractivity (Wildman–Crippen MR) is 525 cm³/mol. The van der Waals surface area contributed by atoms with Crippen LogP contribution in [-0.4, -0.2) is 57.6 Å². The van der Waals surface area contributed by atoms with E-state index in [1.54, 1.807) is 18.3 Å². The number of benzene rings is 10. The van der Waals surface area contributed by atoms with E-state index in [0.717, 1.165) is 113 Å². The summed E-state index contributed by atoms with van der Waals surface area (Å²) < 4.78 is 0. The van der Waals surface area contributed by atoms with Gasteiger partial charge in [-0.15, -0.1) is 176 Å². The van der Waals surface area contributed by atoms with Crippen LogP contribution in [0, 0.1) is 101 Å². The Morgan fingerprint density at radius 1 is 0.385 bits per heavy atom. The molecule has 0 spiro atoms. The number of aliphatic hydroxyl groups is 3. The number of ketones is 3. The molecule has 0 bridgehead atoms. The van der Waals surface area contributed by atoms with Crippen molar-refractivity contribution in [3.63, 3.8) is 0 Å². The molecule has 10 aromatic carbocycles. The van der Waals surface area contributed by atoms with Crippen molar-refractivity contribution in [2.24, 2.45) is 22.7 Å². The van der Waals surface area contributed by atoms with Gasteiger partial charge in [-0.05, 0) is 151 Å². The monoisotopic (exact) mass is 2440 g/mol. The minimum Gasteiger partial charge on any atom is -0.512 e. The minimum absolute atomic E-state index is 0. The summed E-state index contributed by atoms with van der Waals surface area (Å²) in [4.78, 5) is 55.8. The van der Waals surface area contributed by atoms with E-state index in [4.69, 9.17) is 20.1 Å². The van der Waals surface area contributed by atoms with Crippen molar-refractivity contribution >= 4 is 55.6 Å². The molecule has 682 valence electrons. The maximum Gasteiger partial charge on any atom is 0.164 e. The van der Waals surface area contributed by atoms with Crippen molar-refractivity contribution in [3.8, 4) is 67.4 Å². The fraction of sp³-hybridized carbons (Fsp3) is 0.235. The predicted octanol–water partition coefficient (Wildman–Crippen LogP) is 29.1. The number of para-hydroxylation sites is 2. The zero-order chi connectivity index (χ0) is 91.8. The van der Waals surface area contributed by atoms with Gasteiger partial charge in [0.25, 0.3) is 0 Å². The molecule has 5 aromatic heterocycles. The standard InChI is InChI=1S/C22H24N.C21H22N.C17H14N.C17H12N.C11H8N.C11H12O2.C11H20O2.C5H8O2.4Ir/c1-14(2)8-18-13-22(19-10-16(4)9-17(5)11-19)23-21-7-6-15(3)12-20(18)21;1-14(2)9-17-13-21(18-11-15(3)10-16(4)12-18)22-20-8-6-5-7-19(17)20;1-12-9-13(2)11-15(10-12)17-8-7-14-5-3-4-6-16(14)18-17;1-3-7-14(8-4-1)16-11-12-17(18-13-16)15-9-5-2-6-10-15;1-2-6-10(7-3-1)11-8-4-5-9-12-11;1-8(12)11(9(2)13)10-6-4-3-5-7-10;1-10(2,3)8(12)7-9(13)11(4,5)6;1-4(6)3-5(2)7;;;;/h6-7,9-10,12-14H,8H2,1-5H3;5-8,10-11,13-14H,9H2,1-4H3;3-10H,1-2H3;1-9,11-13H;1-6,8-9H;3-7,12H,1-2H3;7,12H,1-6H3;3,6H,1-2H3;;;;/q5*-1;;;;;;;. The molecule has 0 saturated carbocycles. The number of pyridine rings is 5. The normalized spacial score (nSPS) is 11.0. The fourth-order valence-electron chi connectivity index (χ4n) is 13.6. The molecule has 0 fully saturated rings. The molecule has 130 heavy (non-hydrogen) atoms. The Morgan fingerprint density at radius 3 is 1.26 bits per heavy atom. The number of aryl methyl sites for hydroxylation is 7. The number of hydrogen-bond acceptors (Lipinski definition) is 11. The molecule has 11 nitrogen and oxygen atoms in total. The smallest absolute Gasteiger partial charge is 0.164 e. The van der Waals surface area contributed by atoms with Gasteiger partial charge in [-0.1, -0.05) is 268 Å². The number of nitrogens with zero attached hydrogens (tertiary/aromatic N) is 5. The Hall–Kier alpha value is -11.0. The van der Waals surface area contributed by atoms with Gasteiger partial charge in [0.2, 0.25) is 0 Å². The molecule has 15 rings (SSSR count). The van der Waals surface area contributed by atoms with Crippen molar-refractivity contribution in [2.75, 3.05) is 0 Å². The van der Waals surface area contributed by atoms with Crippen LogP contribution in [0.5, 0.6) is 0 Å². The first-order valence-electron chi connectivity index (χ1n) is 42.7. The van der Waals surface area contributed by atoms with E-state index in [-0.39, 0.29) is 120 Å². The third-order valence-corrected chi connectivity index (χ3v) is 19.4. The van der Waals surface area contributed by atoms with Crippen LogP contribution in [-0.2, 0) is 108 Å². The van der Waals surface area contributed by atoms with E-state index in [9.17, 15) is 24.6 Å². The first-order valence-corrected chi connectivity index (χ1v) is 42.7.